The molecule has 0 aromatic heterocycles. The summed E-state index contributed by atoms with van der Waals surface area (Å²) in [5.74, 6) is 0. The Bertz CT molecular complexity index is 1270. The number of rotatable bonds is 8. The summed E-state index contributed by atoms with van der Waals surface area (Å²) in [7, 11) is -7.57. The van der Waals surface area contributed by atoms with Gasteiger partial charge in [-0.1, -0.05) is 42.5 Å². The van der Waals surface area contributed by atoms with Crippen LogP contribution in [-0.2, 0) is 26.6 Å². The van der Waals surface area contributed by atoms with Crippen LogP contribution in [0.15, 0.2) is 88.7 Å². The van der Waals surface area contributed by atoms with Crippen LogP contribution >= 0.6 is 0 Å². The lowest BCUT2D eigenvalue weighted by Crippen LogP contribution is -2.31. The molecule has 1 saturated carbocycles. The SMILES string of the molecule is Cc1cccc(N(Cc2ccccc2)S(=O)(=O)c2ccc(S(=O)(=O)NC3CC3)cc2)c1. The maximum atomic E-state index is 13.6. The highest BCUT2D eigenvalue weighted by Gasteiger charge is 2.29. The van der Waals surface area contributed by atoms with Crippen LogP contribution in [0.25, 0.3) is 0 Å². The summed E-state index contributed by atoms with van der Waals surface area (Å²) in [4.78, 5) is 0.0961. The molecule has 1 N–H and O–H groups in total. The molecular formula is C23H24N2O4S2. The molecule has 162 valence electrons. The van der Waals surface area contributed by atoms with E-state index in [9.17, 15) is 16.8 Å². The van der Waals surface area contributed by atoms with Gasteiger partial charge in [0.1, 0.15) is 0 Å². The van der Waals surface area contributed by atoms with Gasteiger partial charge >= 0.3 is 0 Å². The molecule has 0 spiro atoms. The number of anilines is 1. The van der Waals surface area contributed by atoms with E-state index in [1.165, 1.54) is 28.6 Å². The van der Waals surface area contributed by atoms with Gasteiger partial charge in [0.2, 0.25) is 10.0 Å². The highest BCUT2D eigenvalue weighted by molar-refractivity contribution is 7.92. The normalized spacial score (nSPS) is 14.4. The molecule has 6 nitrogen and oxygen atoms in total. The van der Waals surface area contributed by atoms with Gasteiger partial charge in [-0.15, -0.1) is 0 Å². The van der Waals surface area contributed by atoms with E-state index in [4.69, 9.17) is 0 Å². The molecule has 0 amide bonds. The van der Waals surface area contributed by atoms with Gasteiger partial charge < -0.3 is 0 Å². The van der Waals surface area contributed by atoms with E-state index in [0.717, 1.165) is 24.0 Å². The molecular weight excluding hydrogens is 432 g/mol. The van der Waals surface area contributed by atoms with Crippen molar-refractivity contribution in [1.29, 1.82) is 0 Å². The Balaban J connectivity index is 1.69. The fraction of sp³-hybridized carbons (Fsp3) is 0.217. The van der Waals surface area contributed by atoms with E-state index in [2.05, 4.69) is 4.72 Å². The summed E-state index contributed by atoms with van der Waals surface area (Å²) in [5.41, 5.74) is 2.34. The molecule has 0 radical (unpaired) electrons. The number of nitrogens with zero attached hydrogens (tertiary/aromatic N) is 1. The minimum atomic E-state index is -3.92. The number of nitrogens with one attached hydrogen (secondary N) is 1. The van der Waals surface area contributed by atoms with Crippen molar-refractivity contribution >= 4 is 25.7 Å². The zero-order chi connectivity index (χ0) is 22.1. The average Bonchev–Trinajstić information content (AvgIpc) is 3.56. The van der Waals surface area contributed by atoms with Gasteiger partial charge in [0, 0.05) is 6.04 Å². The van der Waals surface area contributed by atoms with Crippen molar-refractivity contribution in [3.05, 3.63) is 90.0 Å². The van der Waals surface area contributed by atoms with Crippen LogP contribution < -0.4 is 9.03 Å². The molecule has 0 atom stereocenters. The van der Waals surface area contributed by atoms with Gasteiger partial charge in [-0.2, -0.15) is 0 Å². The molecule has 0 saturated heterocycles. The lowest BCUT2D eigenvalue weighted by molar-refractivity contribution is 0.579. The highest BCUT2D eigenvalue weighted by atomic mass is 32.2. The number of aryl methyl sites for hydroxylation is 1. The second-order valence-electron chi connectivity index (χ2n) is 7.70. The van der Waals surface area contributed by atoms with Crippen molar-refractivity contribution < 1.29 is 16.8 Å². The van der Waals surface area contributed by atoms with E-state index in [1.54, 1.807) is 6.07 Å². The molecule has 0 aliphatic heterocycles. The Morgan fingerprint density at radius 3 is 2.10 bits per heavy atom. The highest BCUT2D eigenvalue weighted by Crippen LogP contribution is 2.28. The number of sulfonamides is 2. The molecule has 8 heteroatoms. The third-order valence-corrected chi connectivity index (χ3v) is 8.40. The average molecular weight is 457 g/mol. The zero-order valence-corrected chi connectivity index (χ0v) is 18.7. The summed E-state index contributed by atoms with van der Waals surface area (Å²) in [6.07, 6.45) is 1.66. The van der Waals surface area contributed by atoms with Crippen LogP contribution in [0.5, 0.6) is 0 Å². The third kappa shape index (κ3) is 4.98. The maximum Gasteiger partial charge on any atom is 0.264 e. The number of hydrogen-bond donors (Lipinski definition) is 1. The molecule has 3 aromatic carbocycles. The smallest absolute Gasteiger partial charge is 0.262 e. The van der Waals surface area contributed by atoms with Crippen LogP contribution in [0, 0.1) is 6.92 Å². The zero-order valence-electron chi connectivity index (χ0n) is 17.1. The van der Waals surface area contributed by atoms with Crippen LogP contribution in [-0.4, -0.2) is 22.9 Å². The van der Waals surface area contributed by atoms with Gasteiger partial charge in [-0.3, -0.25) is 4.31 Å². The van der Waals surface area contributed by atoms with Crippen molar-refractivity contribution in [2.24, 2.45) is 0 Å². The molecule has 1 aliphatic rings. The molecule has 4 rings (SSSR count). The first-order chi connectivity index (χ1) is 14.8. The first kappa shape index (κ1) is 21.5. The Morgan fingerprint density at radius 2 is 1.48 bits per heavy atom. The molecule has 1 fully saturated rings. The van der Waals surface area contributed by atoms with Gasteiger partial charge in [0.15, 0.2) is 0 Å². The second-order valence-corrected chi connectivity index (χ2v) is 11.3. The second kappa shape index (κ2) is 8.45. The molecule has 0 bridgehead atoms. The lowest BCUT2D eigenvalue weighted by atomic mass is 10.2. The molecule has 1 aliphatic carbocycles. The van der Waals surface area contributed by atoms with Crippen molar-refractivity contribution in [3.63, 3.8) is 0 Å². The van der Waals surface area contributed by atoms with Gasteiger partial charge in [0.25, 0.3) is 10.0 Å². The van der Waals surface area contributed by atoms with Gasteiger partial charge in [-0.05, 0) is 67.3 Å². The maximum absolute atomic E-state index is 13.6. The Morgan fingerprint density at radius 1 is 0.839 bits per heavy atom. The first-order valence-corrected chi connectivity index (χ1v) is 12.9. The van der Waals surface area contributed by atoms with E-state index in [0.29, 0.717) is 5.69 Å². The molecule has 0 unspecified atom stereocenters. The summed E-state index contributed by atoms with van der Waals surface area (Å²) in [5, 5.41) is 0. The number of hydrogen-bond acceptors (Lipinski definition) is 4. The van der Waals surface area contributed by atoms with E-state index >= 15 is 0 Å². The Kier molecular flexibility index (Phi) is 5.88. The standard InChI is InChI=1S/C23H24N2O4S2/c1-18-6-5-9-21(16-18)25(17-19-7-3-2-4-8-19)31(28,29)23-14-12-22(13-15-23)30(26,27)24-20-10-11-20/h2-9,12-16,20,24H,10-11,17H2,1H3. The fourth-order valence-electron chi connectivity index (χ4n) is 3.25. The minimum Gasteiger partial charge on any atom is -0.262 e. The first-order valence-electron chi connectivity index (χ1n) is 10.0. The molecule has 31 heavy (non-hydrogen) atoms. The Labute approximate surface area is 183 Å². The van der Waals surface area contributed by atoms with Crippen molar-refractivity contribution in [1.82, 2.24) is 4.72 Å². The van der Waals surface area contributed by atoms with E-state index in [1.807, 2.05) is 55.5 Å². The third-order valence-electron chi connectivity index (χ3n) is 5.08. The van der Waals surface area contributed by atoms with Crippen LogP contribution in [0.1, 0.15) is 24.0 Å². The monoisotopic (exact) mass is 456 g/mol. The topological polar surface area (TPSA) is 83.6 Å². The van der Waals surface area contributed by atoms with Gasteiger partial charge in [0.05, 0.1) is 22.0 Å². The van der Waals surface area contributed by atoms with Crippen LogP contribution in [0.2, 0.25) is 0 Å². The quantitative estimate of drug-likeness (QED) is 0.558. The summed E-state index contributed by atoms with van der Waals surface area (Å²) < 4.78 is 55.9. The van der Waals surface area contributed by atoms with Crippen molar-refractivity contribution in [2.45, 2.75) is 42.1 Å². The molecule has 0 heterocycles. The summed E-state index contributed by atoms with van der Waals surface area (Å²) in [6.45, 7) is 2.07. The fourth-order valence-corrected chi connectivity index (χ4v) is 6.00. The Hall–Kier alpha value is -2.68. The predicted molar refractivity (Wildman–Crippen MR) is 121 cm³/mol. The summed E-state index contributed by atoms with van der Waals surface area (Å²) in [6, 6.07) is 22.0. The van der Waals surface area contributed by atoms with E-state index in [-0.39, 0.29) is 22.4 Å². The van der Waals surface area contributed by atoms with Gasteiger partial charge in [-0.25, -0.2) is 21.6 Å². The van der Waals surface area contributed by atoms with Crippen molar-refractivity contribution in [3.8, 4) is 0 Å². The minimum absolute atomic E-state index is 0.0175. The lowest BCUT2D eigenvalue weighted by Gasteiger charge is -2.25. The largest absolute Gasteiger partial charge is 0.264 e. The summed E-state index contributed by atoms with van der Waals surface area (Å²) >= 11 is 0. The molecule has 3 aromatic rings. The van der Waals surface area contributed by atoms with E-state index < -0.39 is 20.0 Å². The number of benzene rings is 3. The van der Waals surface area contributed by atoms with Crippen LogP contribution in [0.3, 0.4) is 0 Å². The van der Waals surface area contributed by atoms with Crippen LogP contribution in [0.4, 0.5) is 5.69 Å². The van der Waals surface area contributed by atoms with Crippen molar-refractivity contribution in [2.75, 3.05) is 4.31 Å². The predicted octanol–water partition coefficient (Wildman–Crippen LogP) is 3.83.